The molecule has 8 heteroatoms. The summed E-state index contributed by atoms with van der Waals surface area (Å²) in [6, 6.07) is 1.46. The highest BCUT2D eigenvalue weighted by Crippen LogP contribution is 2.47. The molecular weight excluding hydrogens is 254 g/mol. The van der Waals surface area contributed by atoms with Crippen LogP contribution in [0.15, 0.2) is 17.1 Å². The van der Waals surface area contributed by atoms with E-state index in [2.05, 4.69) is 4.98 Å². The number of fused-ring (bicyclic) bond motifs is 2. The number of hydrogen-bond acceptors (Lipinski definition) is 7. The number of nitrogens with zero attached hydrogens (tertiary/aromatic N) is 2. The summed E-state index contributed by atoms with van der Waals surface area (Å²) in [5, 5.41) is 19.6. The molecule has 0 radical (unpaired) electrons. The van der Waals surface area contributed by atoms with E-state index in [1.807, 2.05) is 0 Å². The van der Waals surface area contributed by atoms with Crippen molar-refractivity contribution in [1.29, 1.82) is 0 Å². The van der Waals surface area contributed by atoms with Crippen LogP contribution in [0.1, 0.15) is 13.2 Å². The predicted molar refractivity (Wildman–Crippen MR) is 63.2 cm³/mol. The molecule has 0 aromatic carbocycles. The molecular formula is C11H15N3O5. The highest BCUT2D eigenvalue weighted by atomic mass is 16.7. The topological polar surface area (TPSA) is 120 Å². The summed E-state index contributed by atoms with van der Waals surface area (Å²) >= 11 is 0. The zero-order chi connectivity index (χ0) is 13.8. The number of rotatable bonds is 2. The highest BCUT2D eigenvalue weighted by molar-refractivity contribution is 5.24. The minimum atomic E-state index is -1.20. The van der Waals surface area contributed by atoms with Crippen molar-refractivity contribution in [3.05, 3.63) is 22.7 Å². The molecule has 2 bridgehead atoms. The SMILES string of the molecule is C[C@@H]1O[C@@H]2C(O)[C@@]1(CO)O[C@H]2n1ccc(N)nc1=O. The average molecular weight is 269 g/mol. The van der Waals surface area contributed by atoms with Gasteiger partial charge in [-0.25, -0.2) is 4.79 Å². The monoisotopic (exact) mass is 269 g/mol. The molecule has 3 heterocycles. The molecule has 4 N–H and O–H groups in total. The molecule has 104 valence electrons. The fourth-order valence-electron chi connectivity index (χ4n) is 2.72. The number of nitrogens with two attached hydrogens (primary N) is 1. The Kier molecular flexibility index (Phi) is 2.65. The van der Waals surface area contributed by atoms with Gasteiger partial charge < -0.3 is 25.4 Å². The lowest BCUT2D eigenvalue weighted by atomic mass is 9.95. The molecule has 2 fully saturated rings. The highest BCUT2D eigenvalue weighted by Gasteiger charge is 2.65. The van der Waals surface area contributed by atoms with E-state index < -0.39 is 35.8 Å². The minimum Gasteiger partial charge on any atom is -0.393 e. The molecule has 2 aliphatic heterocycles. The van der Waals surface area contributed by atoms with Crippen LogP contribution in [-0.4, -0.2) is 50.3 Å². The fraction of sp³-hybridized carbons (Fsp3) is 0.636. The van der Waals surface area contributed by atoms with Crippen LogP contribution < -0.4 is 11.4 Å². The Hall–Kier alpha value is -1.48. The molecule has 0 amide bonds. The van der Waals surface area contributed by atoms with E-state index in [1.165, 1.54) is 16.8 Å². The van der Waals surface area contributed by atoms with E-state index in [0.29, 0.717) is 0 Å². The lowest BCUT2D eigenvalue weighted by Gasteiger charge is -2.34. The van der Waals surface area contributed by atoms with Crippen molar-refractivity contribution < 1.29 is 19.7 Å². The molecule has 19 heavy (non-hydrogen) atoms. The Morgan fingerprint density at radius 2 is 2.37 bits per heavy atom. The molecule has 0 aliphatic carbocycles. The van der Waals surface area contributed by atoms with Crippen molar-refractivity contribution in [2.24, 2.45) is 0 Å². The maximum atomic E-state index is 11.8. The smallest absolute Gasteiger partial charge is 0.351 e. The first-order valence-corrected chi connectivity index (χ1v) is 5.96. The normalized spacial score (nSPS) is 40.8. The number of ether oxygens (including phenoxy) is 2. The van der Waals surface area contributed by atoms with Gasteiger partial charge in [-0.15, -0.1) is 0 Å². The Balaban J connectivity index is 2.00. The van der Waals surface area contributed by atoms with Crippen LogP contribution in [0.2, 0.25) is 0 Å². The maximum absolute atomic E-state index is 11.8. The molecule has 0 saturated carbocycles. The molecule has 1 aromatic heterocycles. The maximum Gasteiger partial charge on any atom is 0.351 e. The van der Waals surface area contributed by atoms with Gasteiger partial charge in [-0.05, 0) is 13.0 Å². The van der Waals surface area contributed by atoms with Gasteiger partial charge in [-0.3, -0.25) is 4.57 Å². The van der Waals surface area contributed by atoms with Crippen molar-refractivity contribution in [2.75, 3.05) is 12.3 Å². The third-order valence-electron chi connectivity index (χ3n) is 3.86. The number of nitrogen functional groups attached to an aromatic ring is 1. The van der Waals surface area contributed by atoms with Crippen LogP contribution in [0, 0.1) is 0 Å². The van der Waals surface area contributed by atoms with Gasteiger partial charge in [0.05, 0.1) is 12.7 Å². The van der Waals surface area contributed by atoms with E-state index in [9.17, 15) is 15.0 Å². The van der Waals surface area contributed by atoms with Crippen LogP contribution in [0.4, 0.5) is 5.82 Å². The summed E-state index contributed by atoms with van der Waals surface area (Å²) in [5.74, 6) is 0.108. The largest absolute Gasteiger partial charge is 0.393 e. The summed E-state index contributed by atoms with van der Waals surface area (Å²) in [7, 11) is 0. The summed E-state index contributed by atoms with van der Waals surface area (Å²) in [5.41, 5.74) is 3.63. The van der Waals surface area contributed by atoms with Crippen molar-refractivity contribution in [3.8, 4) is 0 Å². The van der Waals surface area contributed by atoms with Crippen molar-refractivity contribution >= 4 is 5.82 Å². The first-order chi connectivity index (χ1) is 8.99. The zero-order valence-corrected chi connectivity index (χ0v) is 10.3. The van der Waals surface area contributed by atoms with Crippen LogP contribution >= 0.6 is 0 Å². The Morgan fingerprint density at radius 3 is 2.95 bits per heavy atom. The van der Waals surface area contributed by atoms with Crippen LogP contribution in [-0.2, 0) is 9.47 Å². The molecule has 3 rings (SSSR count). The minimum absolute atomic E-state index is 0.108. The van der Waals surface area contributed by atoms with Gasteiger partial charge in [0.2, 0.25) is 0 Å². The summed E-state index contributed by atoms with van der Waals surface area (Å²) < 4.78 is 12.5. The Labute approximate surface area is 108 Å². The predicted octanol–water partition coefficient (Wildman–Crippen LogP) is -1.77. The lowest BCUT2D eigenvalue weighted by Crippen LogP contribution is -2.49. The van der Waals surface area contributed by atoms with Gasteiger partial charge in [0, 0.05) is 6.20 Å². The molecule has 5 atom stereocenters. The van der Waals surface area contributed by atoms with Crippen LogP contribution in [0.3, 0.4) is 0 Å². The van der Waals surface area contributed by atoms with Gasteiger partial charge in [0.25, 0.3) is 0 Å². The summed E-state index contributed by atoms with van der Waals surface area (Å²) in [4.78, 5) is 15.4. The molecule has 1 unspecified atom stereocenters. The number of anilines is 1. The van der Waals surface area contributed by atoms with Crippen molar-refractivity contribution in [1.82, 2.24) is 9.55 Å². The zero-order valence-electron chi connectivity index (χ0n) is 10.3. The molecule has 8 nitrogen and oxygen atoms in total. The van der Waals surface area contributed by atoms with Gasteiger partial charge in [0.15, 0.2) is 6.23 Å². The van der Waals surface area contributed by atoms with E-state index in [1.54, 1.807) is 6.92 Å². The second-order valence-electron chi connectivity index (χ2n) is 4.85. The molecule has 1 aromatic rings. The third-order valence-corrected chi connectivity index (χ3v) is 3.86. The van der Waals surface area contributed by atoms with Crippen molar-refractivity contribution in [2.45, 2.75) is 37.1 Å². The second-order valence-corrected chi connectivity index (χ2v) is 4.85. The molecule has 2 saturated heterocycles. The lowest BCUT2D eigenvalue weighted by molar-refractivity contribution is -0.218. The van der Waals surface area contributed by atoms with E-state index >= 15 is 0 Å². The summed E-state index contributed by atoms with van der Waals surface area (Å²) in [6.45, 7) is 1.32. The second kappa shape index (κ2) is 4.01. The number of aliphatic hydroxyl groups is 2. The summed E-state index contributed by atoms with van der Waals surface area (Å²) in [6.07, 6.45) is -1.56. The first kappa shape index (κ1) is 12.5. The van der Waals surface area contributed by atoms with Crippen LogP contribution in [0.5, 0.6) is 0 Å². The number of aromatic nitrogens is 2. The Morgan fingerprint density at radius 1 is 1.63 bits per heavy atom. The molecule has 0 spiro atoms. The van der Waals surface area contributed by atoms with E-state index in [4.69, 9.17) is 15.2 Å². The van der Waals surface area contributed by atoms with Gasteiger partial charge in [-0.1, -0.05) is 0 Å². The molecule has 2 aliphatic rings. The fourth-order valence-corrected chi connectivity index (χ4v) is 2.72. The quantitative estimate of drug-likeness (QED) is 0.581. The van der Waals surface area contributed by atoms with E-state index in [-0.39, 0.29) is 12.4 Å². The van der Waals surface area contributed by atoms with Crippen LogP contribution in [0.25, 0.3) is 0 Å². The van der Waals surface area contributed by atoms with Gasteiger partial charge in [0.1, 0.15) is 23.6 Å². The number of hydrogen-bond donors (Lipinski definition) is 3. The average Bonchev–Trinajstić information content (AvgIpc) is 2.77. The Bertz CT molecular complexity index is 562. The van der Waals surface area contributed by atoms with Gasteiger partial charge in [-0.2, -0.15) is 4.98 Å². The van der Waals surface area contributed by atoms with Gasteiger partial charge >= 0.3 is 5.69 Å². The third kappa shape index (κ3) is 1.54. The number of aliphatic hydroxyl groups excluding tert-OH is 2. The first-order valence-electron chi connectivity index (χ1n) is 5.96. The standard InChI is InChI=1S/C11H15N3O5/c1-5-11(4-15)8(16)7(18-5)9(19-11)14-3-2-6(12)13-10(14)17/h2-3,5,7-9,15-16H,4H2,1H3,(H2,12,13,17)/t5-,7+,8?,9+,11-/m0/s1. The van der Waals surface area contributed by atoms with Crippen molar-refractivity contribution in [3.63, 3.8) is 0 Å². The van der Waals surface area contributed by atoms with E-state index in [0.717, 1.165) is 0 Å².